The smallest absolute Gasteiger partial charge is 0.383 e. The van der Waals surface area contributed by atoms with Crippen LogP contribution in [0.2, 0.25) is 0 Å². The van der Waals surface area contributed by atoms with E-state index >= 15 is 0 Å². The van der Waals surface area contributed by atoms with Crippen LogP contribution >= 0.6 is 12.2 Å². The molecule has 3 rings (SSSR count). The second kappa shape index (κ2) is 5.23. The van der Waals surface area contributed by atoms with Crippen LogP contribution in [-0.2, 0) is 12.7 Å². The van der Waals surface area contributed by atoms with Crippen molar-refractivity contribution >= 4 is 29.2 Å². The van der Waals surface area contributed by atoms with Gasteiger partial charge in [0.1, 0.15) is 11.3 Å². The van der Waals surface area contributed by atoms with Crippen molar-refractivity contribution in [1.82, 2.24) is 19.5 Å². The van der Waals surface area contributed by atoms with Crippen molar-refractivity contribution in [2.45, 2.75) is 12.7 Å². The number of hydrogen-bond acceptors (Lipinski definition) is 4. The number of hydrogen-bond donors (Lipinski definition) is 3. The molecule has 0 amide bonds. The van der Waals surface area contributed by atoms with E-state index in [2.05, 4.69) is 15.0 Å². The Kier molecular flexibility index (Phi) is 3.48. The third-order valence-electron chi connectivity index (χ3n) is 3.30. The zero-order valence-corrected chi connectivity index (χ0v) is 12.3. The molecule has 2 aromatic heterocycles. The summed E-state index contributed by atoms with van der Waals surface area (Å²) in [5.41, 5.74) is 5.56. The van der Waals surface area contributed by atoms with Crippen molar-refractivity contribution in [3.8, 4) is 0 Å². The van der Waals surface area contributed by atoms with Crippen molar-refractivity contribution < 1.29 is 13.2 Å². The molecule has 1 aromatic carbocycles. The number of anilines is 1. The Balaban J connectivity index is 2.04. The Labute approximate surface area is 131 Å². The van der Waals surface area contributed by atoms with Gasteiger partial charge in [-0.2, -0.15) is 18.2 Å². The van der Waals surface area contributed by atoms with Crippen LogP contribution in [-0.4, -0.2) is 19.5 Å². The first kappa shape index (κ1) is 15.3. The van der Waals surface area contributed by atoms with Gasteiger partial charge in [0.05, 0.1) is 12.1 Å². The minimum atomic E-state index is -4.40. The fourth-order valence-electron chi connectivity index (χ4n) is 2.20. The van der Waals surface area contributed by atoms with Gasteiger partial charge in [-0.15, -0.1) is 0 Å². The minimum Gasteiger partial charge on any atom is -0.383 e. The molecule has 4 N–H and O–H groups in total. The lowest BCUT2D eigenvalue weighted by molar-refractivity contribution is -0.137. The summed E-state index contributed by atoms with van der Waals surface area (Å²) >= 11 is 4.92. The summed E-state index contributed by atoms with van der Waals surface area (Å²) in [4.78, 5) is 21.2. The Morgan fingerprint density at radius 1 is 1.22 bits per heavy atom. The van der Waals surface area contributed by atoms with E-state index in [1.54, 1.807) is 0 Å². The SMILES string of the molecule is Nc1[nH]c(=S)nc2c1[nH]c(=O)n2Cc1ccc(C(F)(F)F)cc1. The molecule has 0 aliphatic heterocycles. The molecule has 0 aliphatic carbocycles. The molecule has 0 saturated carbocycles. The molecule has 0 spiro atoms. The molecular formula is C13H10F3N5OS. The number of aromatic amines is 2. The third-order valence-corrected chi connectivity index (χ3v) is 3.49. The van der Waals surface area contributed by atoms with E-state index in [-0.39, 0.29) is 22.8 Å². The van der Waals surface area contributed by atoms with Gasteiger partial charge in [-0.3, -0.25) is 4.57 Å². The third kappa shape index (κ3) is 2.84. The van der Waals surface area contributed by atoms with Crippen LogP contribution in [0.1, 0.15) is 11.1 Å². The summed E-state index contributed by atoms with van der Waals surface area (Å²) < 4.78 is 39.0. The highest BCUT2D eigenvalue weighted by atomic mass is 32.1. The lowest BCUT2D eigenvalue weighted by Crippen LogP contribution is -2.18. The standard InChI is InChI=1S/C13H10F3N5OS/c14-13(15,16)7-3-1-6(2-4-7)5-21-10-8(18-12(21)22)9(17)19-11(23)20-10/h1-4H,5H2,(H,18,22)(H3,17,19,20,23). The van der Waals surface area contributed by atoms with Crippen LogP contribution in [0.15, 0.2) is 29.1 Å². The van der Waals surface area contributed by atoms with E-state index in [9.17, 15) is 18.0 Å². The van der Waals surface area contributed by atoms with Crippen molar-refractivity contribution in [1.29, 1.82) is 0 Å². The number of nitrogen functional groups attached to an aromatic ring is 1. The quantitative estimate of drug-likeness (QED) is 0.624. The molecule has 6 nitrogen and oxygen atoms in total. The molecule has 0 radical (unpaired) electrons. The summed E-state index contributed by atoms with van der Waals surface area (Å²) in [6.45, 7) is 0.0438. The van der Waals surface area contributed by atoms with Crippen molar-refractivity contribution in [3.05, 3.63) is 50.6 Å². The molecule has 23 heavy (non-hydrogen) atoms. The fraction of sp³-hybridized carbons (Fsp3) is 0.154. The number of halogens is 3. The number of imidazole rings is 1. The first-order valence-corrected chi connectivity index (χ1v) is 6.81. The van der Waals surface area contributed by atoms with Crippen LogP contribution in [0, 0.1) is 4.77 Å². The molecule has 0 bridgehead atoms. The Morgan fingerprint density at radius 2 is 1.87 bits per heavy atom. The highest BCUT2D eigenvalue weighted by Crippen LogP contribution is 2.29. The number of H-pyrrole nitrogens is 2. The number of benzene rings is 1. The van der Waals surface area contributed by atoms with Crippen LogP contribution < -0.4 is 11.4 Å². The minimum absolute atomic E-state index is 0.0438. The second-order valence-corrected chi connectivity index (χ2v) is 5.25. The average molecular weight is 341 g/mol. The summed E-state index contributed by atoms with van der Waals surface area (Å²) in [7, 11) is 0. The number of aromatic nitrogens is 4. The first-order chi connectivity index (χ1) is 10.8. The van der Waals surface area contributed by atoms with Gasteiger partial charge < -0.3 is 15.7 Å². The summed E-state index contributed by atoms with van der Waals surface area (Å²) in [6.07, 6.45) is -4.40. The van der Waals surface area contributed by atoms with Gasteiger partial charge in [-0.1, -0.05) is 12.1 Å². The summed E-state index contributed by atoms with van der Waals surface area (Å²) in [5, 5.41) is 0. The first-order valence-electron chi connectivity index (χ1n) is 6.40. The Hall–Kier alpha value is -2.62. The van der Waals surface area contributed by atoms with E-state index in [4.69, 9.17) is 18.0 Å². The summed E-state index contributed by atoms with van der Waals surface area (Å²) in [5.74, 6) is 0.170. The van der Waals surface area contributed by atoms with Crippen LogP contribution in [0.5, 0.6) is 0 Å². The number of fused-ring (bicyclic) bond motifs is 1. The lowest BCUT2D eigenvalue weighted by atomic mass is 10.1. The maximum absolute atomic E-state index is 12.6. The van der Waals surface area contributed by atoms with Gasteiger partial charge >= 0.3 is 11.9 Å². The molecule has 2 heterocycles. The zero-order valence-electron chi connectivity index (χ0n) is 11.4. The predicted octanol–water partition coefficient (Wildman–Crippen LogP) is 2.43. The Morgan fingerprint density at radius 3 is 2.48 bits per heavy atom. The van der Waals surface area contributed by atoms with Gasteiger partial charge in [0.2, 0.25) is 0 Å². The van der Waals surface area contributed by atoms with Gasteiger partial charge in [-0.05, 0) is 29.9 Å². The van der Waals surface area contributed by atoms with E-state index in [1.807, 2.05) is 0 Å². The van der Waals surface area contributed by atoms with E-state index in [0.29, 0.717) is 11.1 Å². The second-order valence-electron chi connectivity index (χ2n) is 4.87. The maximum atomic E-state index is 12.6. The lowest BCUT2D eigenvalue weighted by Gasteiger charge is -2.08. The van der Waals surface area contributed by atoms with Crippen molar-refractivity contribution in [3.63, 3.8) is 0 Å². The number of nitrogens with one attached hydrogen (secondary N) is 2. The normalized spacial score (nSPS) is 12.0. The van der Waals surface area contributed by atoms with Gasteiger partial charge in [0.15, 0.2) is 10.4 Å². The monoisotopic (exact) mass is 341 g/mol. The predicted molar refractivity (Wildman–Crippen MR) is 80.5 cm³/mol. The largest absolute Gasteiger partial charge is 0.416 e. The molecule has 0 saturated heterocycles. The number of alkyl halides is 3. The van der Waals surface area contributed by atoms with Gasteiger partial charge in [0, 0.05) is 0 Å². The van der Waals surface area contributed by atoms with E-state index in [1.165, 1.54) is 16.7 Å². The highest BCUT2D eigenvalue weighted by Gasteiger charge is 2.29. The Bertz CT molecular complexity index is 984. The number of nitrogens with two attached hydrogens (primary N) is 1. The summed E-state index contributed by atoms with van der Waals surface area (Å²) in [6, 6.07) is 4.54. The van der Waals surface area contributed by atoms with Crippen LogP contribution in [0.3, 0.4) is 0 Å². The fourth-order valence-corrected chi connectivity index (χ4v) is 2.39. The zero-order chi connectivity index (χ0) is 16.8. The molecule has 0 atom stereocenters. The van der Waals surface area contributed by atoms with Crippen molar-refractivity contribution in [2.24, 2.45) is 0 Å². The van der Waals surface area contributed by atoms with Gasteiger partial charge in [0.25, 0.3) is 0 Å². The molecule has 120 valence electrons. The van der Waals surface area contributed by atoms with Gasteiger partial charge in [-0.25, -0.2) is 4.79 Å². The molecule has 3 aromatic rings. The highest BCUT2D eigenvalue weighted by molar-refractivity contribution is 7.71. The number of rotatable bonds is 2. The van der Waals surface area contributed by atoms with E-state index < -0.39 is 17.4 Å². The average Bonchev–Trinajstić information content (AvgIpc) is 2.76. The molecular weight excluding hydrogens is 331 g/mol. The van der Waals surface area contributed by atoms with E-state index in [0.717, 1.165) is 12.1 Å². The molecule has 0 fully saturated rings. The molecule has 0 aliphatic rings. The molecule has 0 unspecified atom stereocenters. The van der Waals surface area contributed by atoms with Crippen LogP contribution in [0.4, 0.5) is 19.0 Å². The maximum Gasteiger partial charge on any atom is 0.416 e. The van der Waals surface area contributed by atoms with Crippen LogP contribution in [0.25, 0.3) is 11.2 Å². The van der Waals surface area contributed by atoms with Crippen molar-refractivity contribution in [2.75, 3.05) is 5.73 Å². The molecule has 10 heteroatoms. The number of nitrogens with zero attached hydrogens (tertiary/aromatic N) is 2. The topological polar surface area (TPSA) is 92.5 Å².